The Labute approximate surface area is 138 Å². The van der Waals surface area contributed by atoms with E-state index >= 15 is 0 Å². The lowest BCUT2D eigenvalue weighted by Crippen LogP contribution is -2.07. The molecule has 0 saturated carbocycles. The third-order valence-electron chi connectivity index (χ3n) is 4.57. The molecule has 0 aliphatic rings. The van der Waals surface area contributed by atoms with Crippen LogP contribution < -0.4 is 5.22 Å². The highest BCUT2D eigenvalue weighted by Crippen LogP contribution is 2.31. The summed E-state index contributed by atoms with van der Waals surface area (Å²) in [5.41, 5.74) is 1.44. The molecule has 116 valence electrons. The number of hydrogen-bond acceptors (Lipinski definition) is 0. The average Bonchev–Trinajstić information content (AvgIpc) is 2.63. The minimum atomic E-state index is 1.07. The molecule has 0 aliphatic heterocycles. The smallest absolute Gasteiger partial charge is 0.00265 e. The molecule has 0 N–H and O–H groups in total. The van der Waals surface area contributed by atoms with E-state index in [0.29, 0.717) is 0 Å². The summed E-state index contributed by atoms with van der Waals surface area (Å²) in [5, 5.41) is 9.66. The molecule has 4 aromatic carbocycles. The largest absolute Gasteiger partial charge is 0.0791 e. The molecule has 0 heterocycles. The van der Waals surface area contributed by atoms with Crippen molar-refractivity contribution in [3.63, 3.8) is 0 Å². The zero-order valence-corrected chi connectivity index (χ0v) is 14.5. The SMILES string of the molecule is C/C=c1/c2cccc3cccc(c4cccc(CC)c14)c32.CC. The van der Waals surface area contributed by atoms with Gasteiger partial charge in [-0.05, 0) is 56.4 Å². The van der Waals surface area contributed by atoms with Crippen LogP contribution in [0, 0.1) is 0 Å². The Bertz CT molecular complexity index is 1020. The Kier molecular flexibility index (Phi) is 4.34. The minimum absolute atomic E-state index is 1.07. The monoisotopic (exact) mass is 300 g/mol. The second kappa shape index (κ2) is 6.42. The summed E-state index contributed by atoms with van der Waals surface area (Å²) in [7, 11) is 0. The normalized spacial score (nSPS) is 11.9. The highest BCUT2D eigenvalue weighted by atomic mass is 14.1. The molecule has 0 aliphatic carbocycles. The van der Waals surface area contributed by atoms with Crippen LogP contribution >= 0.6 is 0 Å². The summed E-state index contributed by atoms with van der Waals surface area (Å²) < 4.78 is 0. The predicted molar refractivity (Wildman–Crippen MR) is 105 cm³/mol. The van der Waals surface area contributed by atoms with Gasteiger partial charge in [0.25, 0.3) is 0 Å². The third kappa shape index (κ3) is 2.30. The van der Waals surface area contributed by atoms with Crippen LogP contribution in [0.5, 0.6) is 0 Å². The fraction of sp³-hybridized carbons (Fsp3) is 0.217. The summed E-state index contributed by atoms with van der Waals surface area (Å²) in [6.07, 6.45) is 3.33. The van der Waals surface area contributed by atoms with Crippen molar-refractivity contribution in [3.8, 4) is 0 Å². The molecule has 0 heteroatoms. The molecule has 0 spiro atoms. The van der Waals surface area contributed by atoms with Gasteiger partial charge >= 0.3 is 0 Å². The van der Waals surface area contributed by atoms with E-state index in [9.17, 15) is 0 Å². The number of benzene rings is 4. The van der Waals surface area contributed by atoms with Crippen molar-refractivity contribution in [3.05, 3.63) is 65.4 Å². The average molecular weight is 300 g/mol. The standard InChI is InChI=1S/C21H18.C2H6/c1-3-14-8-5-12-18-19-13-7-10-15-9-6-11-17(21(15)19)16(4-2)20(14)18;1-2/h4-13H,3H2,1-2H3;1-2H3/b16-4-;. The highest BCUT2D eigenvalue weighted by Gasteiger charge is 2.10. The topological polar surface area (TPSA) is 0 Å². The molecular weight excluding hydrogens is 276 g/mol. The van der Waals surface area contributed by atoms with Crippen LogP contribution in [0.3, 0.4) is 0 Å². The van der Waals surface area contributed by atoms with E-state index < -0.39 is 0 Å². The van der Waals surface area contributed by atoms with Crippen molar-refractivity contribution in [2.45, 2.75) is 34.1 Å². The molecule has 0 aromatic heterocycles. The van der Waals surface area contributed by atoms with E-state index in [1.165, 1.54) is 43.1 Å². The van der Waals surface area contributed by atoms with Crippen molar-refractivity contribution < 1.29 is 0 Å². The van der Waals surface area contributed by atoms with Crippen LogP contribution in [0.4, 0.5) is 0 Å². The van der Waals surface area contributed by atoms with Gasteiger partial charge in [0.15, 0.2) is 0 Å². The van der Waals surface area contributed by atoms with Gasteiger partial charge in [-0.15, -0.1) is 0 Å². The molecule has 0 saturated heterocycles. The first-order valence-corrected chi connectivity index (χ1v) is 8.66. The minimum Gasteiger partial charge on any atom is -0.0791 e. The summed E-state index contributed by atoms with van der Waals surface area (Å²) >= 11 is 0. The van der Waals surface area contributed by atoms with Crippen molar-refractivity contribution in [2.75, 3.05) is 0 Å². The first kappa shape index (κ1) is 15.6. The van der Waals surface area contributed by atoms with Gasteiger partial charge in [0.05, 0.1) is 0 Å². The Balaban J connectivity index is 0.000000753. The van der Waals surface area contributed by atoms with Gasteiger partial charge in [-0.25, -0.2) is 0 Å². The van der Waals surface area contributed by atoms with Gasteiger partial charge in [-0.2, -0.15) is 0 Å². The van der Waals surface area contributed by atoms with Gasteiger partial charge in [0.1, 0.15) is 0 Å². The van der Waals surface area contributed by atoms with Crippen LogP contribution in [-0.4, -0.2) is 0 Å². The highest BCUT2D eigenvalue weighted by molar-refractivity contribution is 6.22. The van der Waals surface area contributed by atoms with Gasteiger partial charge in [0, 0.05) is 0 Å². The lowest BCUT2D eigenvalue weighted by Gasteiger charge is -2.13. The molecule has 0 bridgehead atoms. The van der Waals surface area contributed by atoms with E-state index in [-0.39, 0.29) is 0 Å². The van der Waals surface area contributed by atoms with Crippen LogP contribution in [-0.2, 0) is 6.42 Å². The summed E-state index contributed by atoms with van der Waals surface area (Å²) in [6.45, 7) is 8.39. The molecule has 23 heavy (non-hydrogen) atoms. The first-order valence-electron chi connectivity index (χ1n) is 8.66. The third-order valence-corrected chi connectivity index (χ3v) is 4.57. The van der Waals surface area contributed by atoms with Crippen molar-refractivity contribution >= 4 is 38.4 Å². The van der Waals surface area contributed by atoms with E-state index in [1.54, 1.807) is 0 Å². The summed E-state index contributed by atoms with van der Waals surface area (Å²) in [4.78, 5) is 0. The quantitative estimate of drug-likeness (QED) is 0.288. The van der Waals surface area contributed by atoms with Crippen molar-refractivity contribution in [1.29, 1.82) is 0 Å². The molecule has 0 radical (unpaired) electrons. The zero-order chi connectivity index (χ0) is 16.4. The Morgan fingerprint density at radius 3 is 1.91 bits per heavy atom. The molecule has 0 unspecified atom stereocenters. The van der Waals surface area contributed by atoms with Crippen molar-refractivity contribution in [2.24, 2.45) is 0 Å². The van der Waals surface area contributed by atoms with Crippen molar-refractivity contribution in [1.82, 2.24) is 0 Å². The number of fused-ring (bicyclic) bond motifs is 2. The molecule has 0 atom stereocenters. The Morgan fingerprint density at radius 2 is 1.30 bits per heavy atom. The second-order valence-electron chi connectivity index (χ2n) is 5.60. The maximum absolute atomic E-state index is 2.27. The van der Waals surface area contributed by atoms with E-state index in [0.717, 1.165) is 6.42 Å². The summed E-state index contributed by atoms with van der Waals surface area (Å²) in [6, 6.07) is 20.0. The molecular formula is C23H24. The lowest BCUT2D eigenvalue weighted by atomic mass is 9.90. The fourth-order valence-electron chi connectivity index (χ4n) is 3.66. The molecule has 4 aromatic rings. The zero-order valence-electron chi connectivity index (χ0n) is 14.5. The van der Waals surface area contributed by atoms with Gasteiger partial charge in [0.2, 0.25) is 0 Å². The summed E-state index contributed by atoms with van der Waals surface area (Å²) in [5.74, 6) is 0. The predicted octanol–water partition coefficient (Wildman–Crippen LogP) is 6.25. The van der Waals surface area contributed by atoms with E-state index in [2.05, 4.69) is 74.5 Å². The van der Waals surface area contributed by atoms with E-state index in [1.807, 2.05) is 13.8 Å². The molecule has 0 amide bonds. The molecule has 4 rings (SSSR count). The van der Waals surface area contributed by atoms with Crippen LogP contribution in [0.1, 0.15) is 33.3 Å². The van der Waals surface area contributed by atoms with Gasteiger partial charge in [-0.1, -0.05) is 81.4 Å². The lowest BCUT2D eigenvalue weighted by molar-refractivity contribution is 1.16. The van der Waals surface area contributed by atoms with E-state index in [4.69, 9.17) is 0 Å². The number of hydrogen-bond donors (Lipinski definition) is 0. The Morgan fingerprint density at radius 1 is 0.739 bits per heavy atom. The number of aryl methyl sites for hydroxylation is 1. The van der Waals surface area contributed by atoms with Crippen LogP contribution in [0.2, 0.25) is 0 Å². The van der Waals surface area contributed by atoms with Crippen LogP contribution in [0.25, 0.3) is 38.4 Å². The Hall–Kier alpha value is -2.34. The molecule has 0 fully saturated rings. The second-order valence-corrected chi connectivity index (χ2v) is 5.60. The fourth-order valence-corrected chi connectivity index (χ4v) is 3.66. The maximum atomic E-state index is 2.27. The molecule has 0 nitrogen and oxygen atoms in total. The number of rotatable bonds is 1. The maximum Gasteiger partial charge on any atom is -0.00265 e. The van der Waals surface area contributed by atoms with Gasteiger partial charge < -0.3 is 0 Å². The van der Waals surface area contributed by atoms with Gasteiger partial charge in [-0.3, -0.25) is 0 Å². The van der Waals surface area contributed by atoms with Crippen LogP contribution in [0.15, 0.2) is 54.6 Å². The first-order chi connectivity index (χ1) is 11.3.